The first-order chi connectivity index (χ1) is 14.9. The third-order valence-electron chi connectivity index (χ3n) is 6.18. The molecule has 8 heteroatoms. The van der Waals surface area contributed by atoms with Crippen molar-refractivity contribution < 1.29 is 18.0 Å². The van der Waals surface area contributed by atoms with Crippen molar-refractivity contribution >= 4 is 22.5 Å². The number of rotatable bonds is 4. The number of urea groups is 1. The quantitative estimate of drug-likeness (QED) is 0.646. The average molecular weight is 426 g/mol. The van der Waals surface area contributed by atoms with Gasteiger partial charge in [0.25, 0.3) is 0 Å². The minimum atomic E-state index is -4.31. The average Bonchev–Trinajstić information content (AvgIpc) is 3.17. The van der Waals surface area contributed by atoms with E-state index in [0.717, 1.165) is 47.2 Å². The highest BCUT2D eigenvalue weighted by molar-refractivity contribution is 6.01. The number of carbonyl (C=O) groups excluding carboxylic acids is 1. The number of fused-ring (bicyclic) bond motifs is 2. The molecule has 5 nitrogen and oxygen atoms in total. The van der Waals surface area contributed by atoms with Crippen LogP contribution >= 0.6 is 0 Å². The van der Waals surface area contributed by atoms with E-state index < -0.39 is 11.7 Å². The maximum Gasteiger partial charge on any atom is 0.416 e. The van der Waals surface area contributed by atoms with E-state index in [4.69, 9.17) is 0 Å². The van der Waals surface area contributed by atoms with Crippen LogP contribution in [0.1, 0.15) is 11.1 Å². The Bertz CT molecular complexity index is 1100. The van der Waals surface area contributed by atoms with Crippen molar-refractivity contribution in [2.24, 2.45) is 11.8 Å². The number of aromatic nitrogens is 1. The zero-order valence-corrected chi connectivity index (χ0v) is 16.6. The van der Waals surface area contributed by atoms with Crippen LogP contribution in [0.15, 0.2) is 60.9 Å². The Labute approximate surface area is 177 Å². The lowest BCUT2D eigenvalue weighted by molar-refractivity contribution is -0.137. The van der Waals surface area contributed by atoms with Crippen LogP contribution in [0, 0.1) is 11.8 Å². The Balaban J connectivity index is 1.13. The number of likely N-dealkylation sites (tertiary alicyclic amines) is 1. The molecule has 0 radical (unpaired) electrons. The van der Waals surface area contributed by atoms with Crippen LogP contribution in [-0.4, -0.2) is 35.0 Å². The molecule has 2 aromatic carbocycles. The molecule has 0 bridgehead atoms. The lowest BCUT2D eigenvalue weighted by atomic mass is 10.1. The second-order valence-electron chi connectivity index (χ2n) is 8.24. The summed E-state index contributed by atoms with van der Waals surface area (Å²) >= 11 is 0. The largest absolute Gasteiger partial charge is 0.416 e. The minimum absolute atomic E-state index is 0.139. The Hall–Kier alpha value is -3.13. The number of halogens is 3. The fourth-order valence-electron chi connectivity index (χ4n) is 4.56. The third-order valence-corrected chi connectivity index (χ3v) is 6.18. The van der Waals surface area contributed by atoms with E-state index in [0.29, 0.717) is 18.4 Å². The van der Waals surface area contributed by atoms with Gasteiger partial charge in [-0.3, -0.25) is 9.88 Å². The predicted octanol–water partition coefficient (Wildman–Crippen LogP) is 4.51. The maximum absolute atomic E-state index is 12.7. The molecule has 5 rings (SSSR count). The highest BCUT2D eigenvalue weighted by Gasteiger charge is 2.56. The SMILES string of the molecule is O=C(Nc1cccc2cnccc12)NC1C2CN(Cc3ccc(C(F)(F)F)cc3)CC21. The zero-order chi connectivity index (χ0) is 21.6. The van der Waals surface area contributed by atoms with Crippen LogP contribution in [-0.2, 0) is 12.7 Å². The normalized spacial score (nSPS) is 22.9. The molecule has 2 atom stereocenters. The second kappa shape index (κ2) is 7.53. The first-order valence-electron chi connectivity index (χ1n) is 10.2. The maximum atomic E-state index is 12.7. The summed E-state index contributed by atoms with van der Waals surface area (Å²) in [7, 11) is 0. The van der Waals surface area contributed by atoms with Gasteiger partial charge in [0.2, 0.25) is 0 Å². The van der Waals surface area contributed by atoms with Crippen LogP contribution in [0.2, 0.25) is 0 Å². The van der Waals surface area contributed by atoms with E-state index in [1.807, 2.05) is 24.3 Å². The van der Waals surface area contributed by atoms with Crippen LogP contribution in [0.4, 0.5) is 23.7 Å². The predicted molar refractivity (Wildman–Crippen MR) is 111 cm³/mol. The molecular formula is C23H21F3N4O. The molecule has 2 amide bonds. The van der Waals surface area contributed by atoms with Gasteiger partial charge < -0.3 is 10.6 Å². The number of nitrogens with one attached hydrogen (secondary N) is 2. The summed E-state index contributed by atoms with van der Waals surface area (Å²) in [5.41, 5.74) is 0.979. The van der Waals surface area contributed by atoms with Gasteiger partial charge in [-0.2, -0.15) is 13.2 Å². The summed E-state index contributed by atoms with van der Waals surface area (Å²) in [6.45, 7) is 2.28. The van der Waals surface area contributed by atoms with Crippen molar-refractivity contribution in [1.82, 2.24) is 15.2 Å². The molecule has 2 aliphatic rings. The topological polar surface area (TPSA) is 57.3 Å². The zero-order valence-electron chi connectivity index (χ0n) is 16.6. The van der Waals surface area contributed by atoms with Crippen molar-refractivity contribution in [1.29, 1.82) is 0 Å². The number of hydrogen-bond acceptors (Lipinski definition) is 3. The van der Waals surface area contributed by atoms with Gasteiger partial charge in [-0.05, 0) is 41.7 Å². The van der Waals surface area contributed by atoms with Gasteiger partial charge in [-0.25, -0.2) is 4.79 Å². The molecule has 3 aromatic rings. The molecule has 1 saturated heterocycles. The summed E-state index contributed by atoms with van der Waals surface area (Å²) in [6.07, 6.45) is -0.854. The number of hydrogen-bond donors (Lipinski definition) is 2. The summed E-state index contributed by atoms with van der Waals surface area (Å²) in [5.74, 6) is 0.772. The third kappa shape index (κ3) is 4.07. The van der Waals surface area contributed by atoms with Crippen molar-refractivity contribution in [2.75, 3.05) is 18.4 Å². The molecule has 1 saturated carbocycles. The van der Waals surface area contributed by atoms with Crippen LogP contribution < -0.4 is 10.6 Å². The van der Waals surface area contributed by atoms with Crippen molar-refractivity contribution in [3.63, 3.8) is 0 Å². The standard InChI is InChI=1S/C23H21F3N4O/c24-23(25,26)16-6-4-14(5-7-16)11-30-12-18-19(13-30)21(18)29-22(31)28-20-3-1-2-15-10-27-9-8-17(15)20/h1-10,18-19,21H,11-13H2,(H2,28,29,31). The molecule has 1 aliphatic heterocycles. The molecule has 1 aromatic heterocycles. The van der Waals surface area contributed by atoms with Gasteiger partial charge in [-0.15, -0.1) is 0 Å². The van der Waals surface area contributed by atoms with Crippen LogP contribution in [0.25, 0.3) is 10.8 Å². The number of amides is 2. The van der Waals surface area contributed by atoms with E-state index >= 15 is 0 Å². The summed E-state index contributed by atoms with van der Waals surface area (Å²) in [5, 5.41) is 7.89. The van der Waals surface area contributed by atoms with E-state index in [1.165, 1.54) is 12.1 Å². The first kappa shape index (κ1) is 19.8. The number of pyridine rings is 1. The number of alkyl halides is 3. The van der Waals surface area contributed by atoms with Crippen molar-refractivity contribution in [3.8, 4) is 0 Å². The summed E-state index contributed by atoms with van der Waals surface area (Å²) in [6, 6.07) is 12.8. The lowest BCUT2D eigenvalue weighted by Crippen LogP contribution is -2.36. The minimum Gasteiger partial charge on any atom is -0.334 e. The van der Waals surface area contributed by atoms with E-state index in [1.54, 1.807) is 12.4 Å². The summed E-state index contributed by atoms with van der Waals surface area (Å²) < 4.78 is 38.1. The molecule has 31 heavy (non-hydrogen) atoms. The molecular weight excluding hydrogens is 405 g/mol. The van der Waals surface area contributed by atoms with Crippen LogP contribution in [0.3, 0.4) is 0 Å². The van der Waals surface area contributed by atoms with Gasteiger partial charge in [0.15, 0.2) is 0 Å². The number of benzene rings is 2. The van der Waals surface area contributed by atoms with Gasteiger partial charge in [0.1, 0.15) is 0 Å². The number of carbonyl (C=O) groups is 1. The molecule has 2 unspecified atom stereocenters. The smallest absolute Gasteiger partial charge is 0.334 e. The highest BCUT2D eigenvalue weighted by Crippen LogP contribution is 2.46. The fourth-order valence-corrected chi connectivity index (χ4v) is 4.56. The monoisotopic (exact) mass is 426 g/mol. The molecule has 160 valence electrons. The number of piperidine rings is 1. The molecule has 1 aliphatic carbocycles. The number of anilines is 1. The second-order valence-corrected chi connectivity index (χ2v) is 8.24. The van der Waals surface area contributed by atoms with Crippen LogP contribution in [0.5, 0.6) is 0 Å². The fraction of sp³-hybridized carbons (Fsp3) is 0.304. The van der Waals surface area contributed by atoms with E-state index in [9.17, 15) is 18.0 Å². The molecule has 2 fully saturated rings. The lowest BCUT2D eigenvalue weighted by Gasteiger charge is -2.20. The molecule has 2 N–H and O–H groups in total. The van der Waals surface area contributed by atoms with Gasteiger partial charge in [0.05, 0.1) is 11.3 Å². The van der Waals surface area contributed by atoms with Gasteiger partial charge in [0, 0.05) is 48.8 Å². The first-order valence-corrected chi connectivity index (χ1v) is 10.2. The van der Waals surface area contributed by atoms with E-state index in [2.05, 4.69) is 20.5 Å². The van der Waals surface area contributed by atoms with Crippen molar-refractivity contribution in [3.05, 3.63) is 72.1 Å². The number of nitrogens with zero attached hydrogens (tertiary/aromatic N) is 2. The Kier molecular flexibility index (Phi) is 4.81. The molecule has 0 spiro atoms. The Morgan fingerprint density at radius 2 is 1.81 bits per heavy atom. The van der Waals surface area contributed by atoms with Gasteiger partial charge in [-0.1, -0.05) is 24.3 Å². The van der Waals surface area contributed by atoms with Crippen molar-refractivity contribution in [2.45, 2.75) is 18.8 Å². The molecule has 2 heterocycles. The van der Waals surface area contributed by atoms with Gasteiger partial charge >= 0.3 is 12.2 Å². The Morgan fingerprint density at radius 3 is 2.52 bits per heavy atom. The highest BCUT2D eigenvalue weighted by atomic mass is 19.4. The summed E-state index contributed by atoms with van der Waals surface area (Å²) in [4.78, 5) is 18.8. The van der Waals surface area contributed by atoms with E-state index in [-0.39, 0.29) is 12.1 Å². The Morgan fingerprint density at radius 1 is 1.06 bits per heavy atom.